The largest absolute Gasteiger partial charge is 0.494 e. The standard InChI is InChI=1S/C19H20FNO4/c1-12-4-6-15(8-13(12)2)21-18(22)11-25-19(23)10-14-5-7-17(24-3)16(20)9-14/h4-9H,10-11H2,1-3H3,(H,21,22). The van der Waals surface area contributed by atoms with Crippen molar-refractivity contribution in [2.75, 3.05) is 19.0 Å². The molecule has 2 aromatic rings. The Morgan fingerprint density at radius 3 is 2.48 bits per heavy atom. The van der Waals surface area contributed by atoms with E-state index in [4.69, 9.17) is 9.47 Å². The minimum absolute atomic E-state index is 0.102. The average molecular weight is 345 g/mol. The lowest BCUT2D eigenvalue weighted by Gasteiger charge is -2.09. The maximum atomic E-state index is 13.6. The van der Waals surface area contributed by atoms with Gasteiger partial charge in [-0.3, -0.25) is 9.59 Å². The van der Waals surface area contributed by atoms with Crippen LogP contribution in [0.15, 0.2) is 36.4 Å². The molecule has 0 atom stereocenters. The molecule has 0 saturated carbocycles. The molecule has 0 aromatic heterocycles. The van der Waals surface area contributed by atoms with Gasteiger partial charge < -0.3 is 14.8 Å². The fourth-order valence-corrected chi connectivity index (χ4v) is 2.20. The van der Waals surface area contributed by atoms with Crippen LogP contribution in [0.3, 0.4) is 0 Å². The highest BCUT2D eigenvalue weighted by atomic mass is 19.1. The van der Waals surface area contributed by atoms with Crippen LogP contribution in [0.25, 0.3) is 0 Å². The first-order chi connectivity index (χ1) is 11.9. The maximum Gasteiger partial charge on any atom is 0.310 e. The maximum absolute atomic E-state index is 13.6. The fraction of sp³-hybridized carbons (Fsp3) is 0.263. The van der Waals surface area contributed by atoms with E-state index in [9.17, 15) is 14.0 Å². The van der Waals surface area contributed by atoms with Crippen molar-refractivity contribution in [3.63, 3.8) is 0 Å². The minimum atomic E-state index is -0.611. The fourth-order valence-electron chi connectivity index (χ4n) is 2.20. The first-order valence-electron chi connectivity index (χ1n) is 7.74. The summed E-state index contributed by atoms with van der Waals surface area (Å²) < 4.78 is 23.3. The van der Waals surface area contributed by atoms with Crippen molar-refractivity contribution >= 4 is 17.6 Å². The van der Waals surface area contributed by atoms with Crippen LogP contribution in [0.2, 0.25) is 0 Å². The van der Waals surface area contributed by atoms with Crippen molar-refractivity contribution < 1.29 is 23.5 Å². The summed E-state index contributed by atoms with van der Waals surface area (Å²) in [4.78, 5) is 23.6. The van der Waals surface area contributed by atoms with Gasteiger partial charge in [0.05, 0.1) is 13.5 Å². The van der Waals surface area contributed by atoms with Gasteiger partial charge in [-0.15, -0.1) is 0 Å². The molecule has 1 amide bonds. The quantitative estimate of drug-likeness (QED) is 0.817. The van der Waals surface area contributed by atoms with Crippen LogP contribution in [-0.2, 0) is 20.7 Å². The molecule has 0 aliphatic rings. The number of carbonyl (C=O) groups is 2. The molecular formula is C19H20FNO4. The van der Waals surface area contributed by atoms with Crippen molar-refractivity contribution in [2.45, 2.75) is 20.3 Å². The monoisotopic (exact) mass is 345 g/mol. The first kappa shape index (κ1) is 18.4. The van der Waals surface area contributed by atoms with Crippen molar-refractivity contribution in [2.24, 2.45) is 0 Å². The summed E-state index contributed by atoms with van der Waals surface area (Å²) in [6.07, 6.45) is -0.127. The average Bonchev–Trinajstić information content (AvgIpc) is 2.56. The molecule has 6 heteroatoms. The second-order valence-corrected chi connectivity index (χ2v) is 5.65. The molecule has 2 aromatic carbocycles. The molecule has 0 aliphatic carbocycles. The predicted molar refractivity (Wildman–Crippen MR) is 92.2 cm³/mol. The van der Waals surface area contributed by atoms with Crippen LogP contribution in [0.1, 0.15) is 16.7 Å². The number of esters is 1. The Hall–Kier alpha value is -2.89. The Morgan fingerprint density at radius 2 is 1.84 bits per heavy atom. The van der Waals surface area contributed by atoms with E-state index in [1.54, 1.807) is 12.1 Å². The highest BCUT2D eigenvalue weighted by Gasteiger charge is 2.11. The predicted octanol–water partition coefficient (Wildman–Crippen LogP) is 3.18. The Balaban J connectivity index is 1.83. The molecule has 0 fully saturated rings. The van der Waals surface area contributed by atoms with E-state index in [-0.39, 0.29) is 12.2 Å². The molecule has 0 radical (unpaired) electrons. The number of halogens is 1. The molecule has 132 valence electrons. The highest BCUT2D eigenvalue weighted by molar-refractivity contribution is 5.93. The molecule has 0 bridgehead atoms. The molecule has 25 heavy (non-hydrogen) atoms. The summed E-state index contributed by atoms with van der Waals surface area (Å²) in [5.41, 5.74) is 3.26. The molecule has 0 spiro atoms. The van der Waals surface area contributed by atoms with E-state index in [1.165, 1.54) is 19.2 Å². The Bertz CT molecular complexity index is 789. The lowest BCUT2D eigenvalue weighted by atomic mass is 10.1. The zero-order valence-corrected chi connectivity index (χ0v) is 14.4. The summed E-state index contributed by atoms with van der Waals surface area (Å²) >= 11 is 0. The number of carbonyl (C=O) groups excluding carboxylic acids is 2. The number of amides is 1. The summed E-state index contributed by atoms with van der Waals surface area (Å²) in [6, 6.07) is 9.73. The smallest absolute Gasteiger partial charge is 0.310 e. The van der Waals surface area contributed by atoms with Crippen molar-refractivity contribution in [3.8, 4) is 5.75 Å². The molecule has 0 heterocycles. The minimum Gasteiger partial charge on any atom is -0.494 e. The van der Waals surface area contributed by atoms with E-state index < -0.39 is 24.3 Å². The number of nitrogens with one attached hydrogen (secondary N) is 1. The van der Waals surface area contributed by atoms with Gasteiger partial charge in [-0.25, -0.2) is 4.39 Å². The SMILES string of the molecule is COc1ccc(CC(=O)OCC(=O)Nc2ccc(C)c(C)c2)cc1F. The van der Waals surface area contributed by atoms with Crippen LogP contribution in [0.5, 0.6) is 5.75 Å². The summed E-state index contributed by atoms with van der Waals surface area (Å²) in [5, 5.41) is 2.66. The van der Waals surface area contributed by atoms with E-state index in [2.05, 4.69) is 5.32 Å². The van der Waals surface area contributed by atoms with Gasteiger partial charge in [-0.1, -0.05) is 12.1 Å². The zero-order valence-electron chi connectivity index (χ0n) is 14.4. The number of methoxy groups -OCH3 is 1. The van der Waals surface area contributed by atoms with Gasteiger partial charge in [-0.05, 0) is 54.8 Å². The molecule has 0 unspecified atom stereocenters. The normalized spacial score (nSPS) is 10.2. The third-order valence-corrected chi connectivity index (χ3v) is 3.72. The second-order valence-electron chi connectivity index (χ2n) is 5.65. The molecule has 2 rings (SSSR count). The zero-order chi connectivity index (χ0) is 18.4. The summed E-state index contributed by atoms with van der Waals surface area (Å²) in [5.74, 6) is -1.50. The lowest BCUT2D eigenvalue weighted by molar-refractivity contribution is -0.146. The van der Waals surface area contributed by atoms with Crippen molar-refractivity contribution in [1.82, 2.24) is 0 Å². The van der Waals surface area contributed by atoms with Gasteiger partial charge in [0.1, 0.15) is 0 Å². The Labute approximate surface area is 145 Å². The van der Waals surface area contributed by atoms with Crippen LogP contribution >= 0.6 is 0 Å². The van der Waals surface area contributed by atoms with Gasteiger partial charge in [-0.2, -0.15) is 0 Å². The number of hydrogen-bond acceptors (Lipinski definition) is 4. The van der Waals surface area contributed by atoms with Gasteiger partial charge in [0.25, 0.3) is 5.91 Å². The third kappa shape index (κ3) is 5.31. The third-order valence-electron chi connectivity index (χ3n) is 3.72. The molecule has 1 N–H and O–H groups in total. The summed E-state index contributed by atoms with van der Waals surface area (Å²) in [7, 11) is 1.36. The van der Waals surface area contributed by atoms with Crippen LogP contribution < -0.4 is 10.1 Å². The van der Waals surface area contributed by atoms with Crippen LogP contribution in [0.4, 0.5) is 10.1 Å². The number of ether oxygens (including phenoxy) is 2. The Morgan fingerprint density at radius 1 is 1.08 bits per heavy atom. The van der Waals surface area contributed by atoms with Gasteiger partial charge in [0.15, 0.2) is 18.2 Å². The van der Waals surface area contributed by atoms with E-state index in [0.29, 0.717) is 11.3 Å². The van der Waals surface area contributed by atoms with Crippen LogP contribution in [-0.4, -0.2) is 25.6 Å². The van der Waals surface area contributed by atoms with Gasteiger partial charge in [0.2, 0.25) is 0 Å². The summed E-state index contributed by atoms with van der Waals surface area (Å²) in [6.45, 7) is 3.52. The van der Waals surface area contributed by atoms with Gasteiger partial charge >= 0.3 is 5.97 Å². The number of anilines is 1. The van der Waals surface area contributed by atoms with E-state index >= 15 is 0 Å². The highest BCUT2D eigenvalue weighted by Crippen LogP contribution is 2.18. The van der Waals surface area contributed by atoms with E-state index in [0.717, 1.165) is 11.1 Å². The van der Waals surface area contributed by atoms with Crippen molar-refractivity contribution in [1.29, 1.82) is 0 Å². The number of hydrogen-bond donors (Lipinski definition) is 1. The number of benzene rings is 2. The van der Waals surface area contributed by atoms with Crippen molar-refractivity contribution in [3.05, 3.63) is 58.9 Å². The Kier molecular flexibility index (Phi) is 6.11. The molecule has 0 saturated heterocycles. The van der Waals surface area contributed by atoms with Crippen LogP contribution in [0, 0.1) is 19.7 Å². The number of aryl methyl sites for hydroxylation is 2. The first-order valence-corrected chi connectivity index (χ1v) is 7.74. The number of rotatable bonds is 6. The van der Waals surface area contributed by atoms with E-state index in [1.807, 2.05) is 26.0 Å². The molecule has 0 aliphatic heterocycles. The van der Waals surface area contributed by atoms with Gasteiger partial charge in [0, 0.05) is 5.69 Å². The molecule has 5 nitrogen and oxygen atoms in total. The lowest BCUT2D eigenvalue weighted by Crippen LogP contribution is -2.21. The molecular weight excluding hydrogens is 325 g/mol. The topological polar surface area (TPSA) is 64.6 Å². The second kappa shape index (κ2) is 8.28.